The van der Waals surface area contributed by atoms with Crippen LogP contribution in [-0.2, 0) is 10.0 Å². The van der Waals surface area contributed by atoms with Gasteiger partial charge < -0.3 is 5.73 Å². The number of hydrogen-bond acceptors (Lipinski definition) is 3. The minimum absolute atomic E-state index is 0. The molecule has 1 heterocycles. The Bertz CT molecular complexity index is 538. The minimum atomic E-state index is -3.36. The van der Waals surface area contributed by atoms with Crippen molar-refractivity contribution in [2.45, 2.75) is 37.6 Å². The summed E-state index contributed by atoms with van der Waals surface area (Å²) in [5, 5.41) is 0. The van der Waals surface area contributed by atoms with E-state index in [1.165, 1.54) is 0 Å². The van der Waals surface area contributed by atoms with Gasteiger partial charge in [-0.1, -0.05) is 17.7 Å². The number of piperidine rings is 1. The van der Waals surface area contributed by atoms with Gasteiger partial charge >= 0.3 is 0 Å². The highest BCUT2D eigenvalue weighted by molar-refractivity contribution is 7.89. The molecular weight excluding hydrogens is 284 g/mol. The first kappa shape index (κ1) is 16.4. The highest BCUT2D eigenvalue weighted by Gasteiger charge is 2.29. The lowest BCUT2D eigenvalue weighted by Crippen LogP contribution is -2.42. The van der Waals surface area contributed by atoms with Gasteiger partial charge in [0.05, 0.1) is 4.90 Å². The smallest absolute Gasteiger partial charge is 0.243 e. The van der Waals surface area contributed by atoms with Crippen LogP contribution in [0.1, 0.15) is 24.0 Å². The Morgan fingerprint density at radius 2 is 1.79 bits per heavy atom. The third kappa shape index (κ3) is 3.48. The number of rotatable bonds is 2. The zero-order valence-electron chi connectivity index (χ0n) is 11.3. The van der Waals surface area contributed by atoms with Crippen LogP contribution in [0.5, 0.6) is 0 Å². The number of hydrogen-bond donors (Lipinski definition) is 1. The van der Waals surface area contributed by atoms with E-state index in [2.05, 4.69) is 0 Å². The molecule has 1 aromatic rings. The van der Waals surface area contributed by atoms with Crippen molar-refractivity contribution < 1.29 is 8.42 Å². The summed E-state index contributed by atoms with van der Waals surface area (Å²) in [6, 6.07) is 5.59. The van der Waals surface area contributed by atoms with Crippen molar-refractivity contribution >= 4 is 22.4 Å². The van der Waals surface area contributed by atoms with Crippen molar-refractivity contribution in [3.8, 4) is 0 Å². The molecule has 0 atom stereocenters. The van der Waals surface area contributed by atoms with Gasteiger partial charge in [0, 0.05) is 19.1 Å². The molecule has 4 nitrogen and oxygen atoms in total. The van der Waals surface area contributed by atoms with Crippen LogP contribution >= 0.6 is 12.4 Å². The molecule has 0 saturated carbocycles. The number of halogens is 1. The maximum atomic E-state index is 12.5. The Hall–Kier alpha value is -0.620. The van der Waals surface area contributed by atoms with E-state index in [0.29, 0.717) is 18.0 Å². The lowest BCUT2D eigenvalue weighted by molar-refractivity contribution is 0.320. The number of nitrogens with two attached hydrogens (primary N) is 1. The summed E-state index contributed by atoms with van der Waals surface area (Å²) in [7, 11) is -3.36. The van der Waals surface area contributed by atoms with E-state index in [1.54, 1.807) is 10.4 Å². The van der Waals surface area contributed by atoms with Crippen molar-refractivity contribution in [3.05, 3.63) is 29.3 Å². The average molecular weight is 305 g/mol. The number of sulfonamides is 1. The quantitative estimate of drug-likeness (QED) is 0.907. The molecule has 0 aliphatic carbocycles. The van der Waals surface area contributed by atoms with E-state index in [1.807, 2.05) is 26.0 Å². The molecular formula is C13H21ClN2O2S. The third-order valence-electron chi connectivity index (χ3n) is 3.45. The Morgan fingerprint density at radius 3 is 2.32 bits per heavy atom. The van der Waals surface area contributed by atoms with Gasteiger partial charge in [-0.2, -0.15) is 4.31 Å². The zero-order chi connectivity index (χ0) is 13.3. The van der Waals surface area contributed by atoms with Gasteiger partial charge in [0.1, 0.15) is 0 Å². The maximum absolute atomic E-state index is 12.5. The van der Waals surface area contributed by atoms with E-state index in [4.69, 9.17) is 5.73 Å². The molecule has 6 heteroatoms. The Labute approximate surface area is 121 Å². The topological polar surface area (TPSA) is 63.4 Å². The Kier molecular flexibility index (Phi) is 5.38. The van der Waals surface area contributed by atoms with Crippen LogP contribution in [-0.4, -0.2) is 31.9 Å². The molecule has 19 heavy (non-hydrogen) atoms. The van der Waals surface area contributed by atoms with Gasteiger partial charge in [-0.05, 0) is 38.3 Å². The fourth-order valence-electron chi connectivity index (χ4n) is 2.34. The molecule has 108 valence electrons. The van der Waals surface area contributed by atoms with Gasteiger partial charge in [-0.3, -0.25) is 0 Å². The second kappa shape index (κ2) is 6.22. The predicted molar refractivity (Wildman–Crippen MR) is 79.1 cm³/mol. The van der Waals surface area contributed by atoms with Crippen LogP contribution < -0.4 is 5.73 Å². The van der Waals surface area contributed by atoms with E-state index >= 15 is 0 Å². The van der Waals surface area contributed by atoms with Gasteiger partial charge in [0.2, 0.25) is 10.0 Å². The Morgan fingerprint density at radius 1 is 1.21 bits per heavy atom. The minimum Gasteiger partial charge on any atom is -0.328 e. The third-order valence-corrected chi connectivity index (χ3v) is 5.51. The van der Waals surface area contributed by atoms with Crippen LogP contribution in [0.2, 0.25) is 0 Å². The molecule has 1 fully saturated rings. The molecule has 0 radical (unpaired) electrons. The van der Waals surface area contributed by atoms with Crippen LogP contribution in [0, 0.1) is 13.8 Å². The number of aryl methyl sites for hydroxylation is 2. The summed E-state index contributed by atoms with van der Waals surface area (Å²) in [5.74, 6) is 0. The largest absolute Gasteiger partial charge is 0.328 e. The van der Waals surface area contributed by atoms with Crippen molar-refractivity contribution in [2.75, 3.05) is 13.1 Å². The van der Waals surface area contributed by atoms with Crippen molar-refractivity contribution in [3.63, 3.8) is 0 Å². The average Bonchev–Trinajstić information content (AvgIpc) is 2.29. The van der Waals surface area contributed by atoms with Crippen molar-refractivity contribution in [1.29, 1.82) is 0 Å². The van der Waals surface area contributed by atoms with Crippen LogP contribution in [0.25, 0.3) is 0 Å². The molecule has 0 aromatic heterocycles. The van der Waals surface area contributed by atoms with Crippen molar-refractivity contribution in [2.24, 2.45) is 5.73 Å². The summed E-state index contributed by atoms with van der Waals surface area (Å²) in [5.41, 5.74) is 7.69. The van der Waals surface area contributed by atoms with E-state index in [9.17, 15) is 8.42 Å². The Balaban J connectivity index is 0.00000180. The second-order valence-corrected chi connectivity index (χ2v) is 6.92. The fraction of sp³-hybridized carbons (Fsp3) is 0.538. The van der Waals surface area contributed by atoms with E-state index in [-0.39, 0.29) is 18.4 Å². The van der Waals surface area contributed by atoms with Crippen LogP contribution in [0.3, 0.4) is 0 Å². The standard InChI is InChI=1S/C13H20N2O2S.ClH/c1-10-3-4-13(11(2)9-10)18(16,17)15-7-5-12(14)6-8-15;/h3-4,9,12H,5-8,14H2,1-2H3;1H. The molecule has 0 amide bonds. The zero-order valence-corrected chi connectivity index (χ0v) is 12.9. The summed E-state index contributed by atoms with van der Waals surface area (Å²) >= 11 is 0. The maximum Gasteiger partial charge on any atom is 0.243 e. The molecule has 1 aliphatic rings. The summed E-state index contributed by atoms with van der Waals surface area (Å²) in [4.78, 5) is 0.420. The fourth-order valence-corrected chi connectivity index (χ4v) is 4.02. The van der Waals surface area contributed by atoms with Gasteiger partial charge in [-0.25, -0.2) is 8.42 Å². The molecule has 0 spiro atoms. The first-order valence-corrected chi connectivity index (χ1v) is 7.68. The van der Waals surface area contributed by atoms with Crippen LogP contribution in [0.4, 0.5) is 0 Å². The predicted octanol–water partition coefficient (Wildman–Crippen LogP) is 1.84. The molecule has 0 unspecified atom stereocenters. The molecule has 2 N–H and O–H groups in total. The summed E-state index contributed by atoms with van der Waals surface area (Å²) in [6.45, 7) is 4.85. The SMILES string of the molecule is Cc1ccc(S(=O)(=O)N2CCC(N)CC2)c(C)c1.Cl. The van der Waals surface area contributed by atoms with Gasteiger partial charge in [0.25, 0.3) is 0 Å². The van der Waals surface area contributed by atoms with Crippen LogP contribution in [0.15, 0.2) is 23.1 Å². The second-order valence-electron chi connectivity index (χ2n) is 5.01. The monoisotopic (exact) mass is 304 g/mol. The number of benzene rings is 1. The highest BCUT2D eigenvalue weighted by atomic mass is 35.5. The molecule has 1 saturated heterocycles. The highest BCUT2D eigenvalue weighted by Crippen LogP contribution is 2.23. The van der Waals surface area contributed by atoms with Gasteiger partial charge in [-0.15, -0.1) is 12.4 Å². The first-order chi connectivity index (χ1) is 8.41. The van der Waals surface area contributed by atoms with Gasteiger partial charge in [0.15, 0.2) is 0 Å². The molecule has 1 aliphatic heterocycles. The normalized spacial score (nSPS) is 18.1. The van der Waals surface area contributed by atoms with E-state index in [0.717, 1.165) is 24.0 Å². The lowest BCUT2D eigenvalue weighted by atomic mass is 10.1. The van der Waals surface area contributed by atoms with Crippen molar-refractivity contribution in [1.82, 2.24) is 4.31 Å². The summed E-state index contributed by atoms with van der Waals surface area (Å²) in [6.07, 6.45) is 1.48. The molecule has 2 rings (SSSR count). The molecule has 1 aromatic carbocycles. The lowest BCUT2D eigenvalue weighted by Gasteiger charge is -2.29. The first-order valence-electron chi connectivity index (χ1n) is 6.24. The molecule has 0 bridgehead atoms. The number of nitrogens with zero attached hydrogens (tertiary/aromatic N) is 1. The summed E-state index contributed by atoms with van der Waals surface area (Å²) < 4.78 is 26.6. The van der Waals surface area contributed by atoms with E-state index < -0.39 is 10.0 Å².